The van der Waals surface area contributed by atoms with Crippen molar-refractivity contribution < 1.29 is 46.9 Å². The molecule has 5 aromatic rings. The maximum Gasteiger partial charge on any atom is 0.323 e. The standard InChI is InChI=1S/C50H61N7O10S/c1-50(2,3)33-29-41(47(66-5)42(30-33)55-68(6,63)64)54-49(62)53-40-18-19-44(37-12-8-7-11-36(37)40)67-35-20-21-52-34(31-35)27-32-16-17-38(45(28-32)65-4)43(58)14-10-22-56-23-25-57(26-24-56)46(59)15-9-13-39(51)48(60)61/h7-8,11-12,16-21,28-31,39,55H,9-10,13-15,22-27,51H2,1-6H3,(H,60,61)(H2,53,54,62)/t39-/m0/s1. The monoisotopic (exact) mass is 951 g/mol. The third kappa shape index (κ3) is 13.7. The molecule has 68 heavy (non-hydrogen) atoms. The maximum absolute atomic E-state index is 13.6. The lowest BCUT2D eigenvalue weighted by Crippen LogP contribution is -2.48. The SMILES string of the molecule is COc1cc(Cc2cc(Oc3ccc(NC(=O)Nc4cc(C(C)(C)C)cc(NS(C)(=O)=O)c4OC)c4ccccc34)ccn2)ccc1C(=O)CCCN1CCN(C(=O)CCC[C@H](N)C(=O)O)CC1. The second-order valence-electron chi connectivity index (χ2n) is 17.8. The lowest BCUT2D eigenvalue weighted by Gasteiger charge is -2.34. The number of fused-ring (bicyclic) bond motifs is 1. The smallest absolute Gasteiger partial charge is 0.323 e. The molecule has 0 aliphatic carbocycles. The Kier molecular flexibility index (Phi) is 16.7. The van der Waals surface area contributed by atoms with E-state index in [0.29, 0.717) is 85.7 Å². The van der Waals surface area contributed by atoms with Crippen LogP contribution in [0.5, 0.6) is 23.0 Å². The average molecular weight is 952 g/mol. The molecule has 1 fully saturated rings. The van der Waals surface area contributed by atoms with Crippen molar-refractivity contribution in [2.24, 2.45) is 5.73 Å². The number of carbonyl (C=O) groups is 4. The first-order chi connectivity index (χ1) is 32.3. The Morgan fingerprint density at radius 3 is 2.21 bits per heavy atom. The number of methoxy groups -OCH3 is 2. The number of urea groups is 1. The lowest BCUT2D eigenvalue weighted by atomic mass is 9.86. The van der Waals surface area contributed by atoms with E-state index in [2.05, 4.69) is 25.2 Å². The van der Waals surface area contributed by atoms with Gasteiger partial charge in [-0.3, -0.25) is 29.0 Å². The average Bonchev–Trinajstić information content (AvgIpc) is 3.29. The summed E-state index contributed by atoms with van der Waals surface area (Å²) in [5, 5.41) is 16.2. The van der Waals surface area contributed by atoms with Gasteiger partial charge in [-0.05, 0) is 84.8 Å². The summed E-state index contributed by atoms with van der Waals surface area (Å²) in [6.45, 7) is 9.25. The van der Waals surface area contributed by atoms with Gasteiger partial charge in [0.1, 0.15) is 23.3 Å². The van der Waals surface area contributed by atoms with Gasteiger partial charge in [-0.15, -0.1) is 0 Å². The molecule has 4 aromatic carbocycles. The lowest BCUT2D eigenvalue weighted by molar-refractivity contribution is -0.139. The highest BCUT2D eigenvalue weighted by Crippen LogP contribution is 2.40. The van der Waals surface area contributed by atoms with E-state index in [1.165, 1.54) is 7.11 Å². The number of pyridine rings is 1. The number of amides is 3. The van der Waals surface area contributed by atoms with Crippen LogP contribution in [0, 0.1) is 0 Å². The highest BCUT2D eigenvalue weighted by atomic mass is 32.2. The largest absolute Gasteiger partial charge is 0.496 e. The molecule has 362 valence electrons. The molecular formula is C50H61N7O10S. The Morgan fingerprint density at radius 2 is 1.53 bits per heavy atom. The summed E-state index contributed by atoms with van der Waals surface area (Å²) in [4.78, 5) is 59.1. The quantitative estimate of drug-likeness (QED) is 0.0473. The van der Waals surface area contributed by atoms with Crippen LogP contribution in [0.1, 0.15) is 80.1 Å². The summed E-state index contributed by atoms with van der Waals surface area (Å²) in [6.07, 6.45) is 5.13. The van der Waals surface area contributed by atoms with E-state index >= 15 is 0 Å². The van der Waals surface area contributed by atoms with Gasteiger partial charge in [-0.1, -0.05) is 51.1 Å². The summed E-state index contributed by atoms with van der Waals surface area (Å²) in [7, 11) is -0.713. The molecule has 0 spiro atoms. The summed E-state index contributed by atoms with van der Waals surface area (Å²) < 4.78 is 44.6. The molecule has 1 saturated heterocycles. The molecular weight excluding hydrogens is 891 g/mol. The molecule has 2 heterocycles. The first-order valence-corrected chi connectivity index (χ1v) is 24.3. The van der Waals surface area contributed by atoms with Crippen molar-refractivity contribution >= 4 is 61.5 Å². The number of carboxylic acids is 1. The van der Waals surface area contributed by atoms with Gasteiger partial charge in [-0.25, -0.2) is 13.2 Å². The van der Waals surface area contributed by atoms with Crippen molar-refractivity contribution in [2.45, 2.75) is 70.8 Å². The summed E-state index contributed by atoms with van der Waals surface area (Å²) in [6, 6.07) is 22.1. The van der Waals surface area contributed by atoms with Crippen molar-refractivity contribution in [1.82, 2.24) is 14.8 Å². The number of ketones is 1. The second-order valence-corrected chi connectivity index (χ2v) is 19.6. The number of benzene rings is 4. The molecule has 0 radical (unpaired) electrons. The van der Waals surface area contributed by atoms with Crippen LogP contribution in [-0.2, 0) is 31.4 Å². The predicted molar refractivity (Wildman–Crippen MR) is 263 cm³/mol. The molecule has 1 atom stereocenters. The Bertz CT molecular complexity index is 2750. The van der Waals surface area contributed by atoms with Crippen LogP contribution in [0.4, 0.5) is 21.9 Å². The molecule has 18 heteroatoms. The summed E-state index contributed by atoms with van der Waals surface area (Å²) >= 11 is 0. The van der Waals surface area contributed by atoms with E-state index < -0.39 is 28.1 Å². The molecule has 1 aliphatic rings. The van der Waals surface area contributed by atoms with E-state index in [0.717, 1.165) is 35.0 Å². The molecule has 1 aromatic heterocycles. The van der Waals surface area contributed by atoms with Crippen LogP contribution < -0.4 is 35.3 Å². The zero-order chi connectivity index (χ0) is 49.2. The number of ether oxygens (including phenoxy) is 3. The second kappa shape index (κ2) is 22.4. The van der Waals surface area contributed by atoms with Crippen LogP contribution in [0.3, 0.4) is 0 Å². The fourth-order valence-electron chi connectivity index (χ4n) is 8.00. The number of Topliss-reactive ketones (excluding diaryl/α,β-unsaturated/α-hetero) is 1. The van der Waals surface area contributed by atoms with Gasteiger partial charge in [0.25, 0.3) is 0 Å². The van der Waals surface area contributed by atoms with Crippen molar-refractivity contribution in [3.63, 3.8) is 0 Å². The number of carboxylic acid groups (broad SMARTS) is 1. The van der Waals surface area contributed by atoms with Gasteiger partial charge in [0.05, 0.1) is 43.1 Å². The zero-order valence-corrected chi connectivity index (χ0v) is 40.2. The normalized spacial score (nSPS) is 13.7. The molecule has 6 rings (SSSR count). The highest BCUT2D eigenvalue weighted by Gasteiger charge is 2.24. The Labute approximate surface area is 397 Å². The van der Waals surface area contributed by atoms with Crippen LogP contribution in [0.25, 0.3) is 10.8 Å². The minimum atomic E-state index is -3.66. The zero-order valence-electron chi connectivity index (χ0n) is 39.4. The number of aromatic nitrogens is 1. The van der Waals surface area contributed by atoms with Gasteiger partial charge in [0.2, 0.25) is 15.9 Å². The van der Waals surface area contributed by atoms with E-state index in [-0.39, 0.29) is 47.1 Å². The number of sulfonamides is 1. The molecule has 1 aliphatic heterocycles. The van der Waals surface area contributed by atoms with Crippen LogP contribution >= 0.6 is 0 Å². The first kappa shape index (κ1) is 50.6. The number of piperazine rings is 1. The maximum atomic E-state index is 13.6. The fourth-order valence-corrected chi connectivity index (χ4v) is 8.55. The van der Waals surface area contributed by atoms with Crippen molar-refractivity contribution in [2.75, 3.05) is 68.6 Å². The van der Waals surface area contributed by atoms with E-state index in [4.69, 9.17) is 25.1 Å². The van der Waals surface area contributed by atoms with Crippen LogP contribution in [-0.4, -0.2) is 111 Å². The Balaban J connectivity index is 1.05. The highest BCUT2D eigenvalue weighted by molar-refractivity contribution is 7.92. The van der Waals surface area contributed by atoms with Gasteiger partial charge in [0.15, 0.2) is 11.5 Å². The number of nitrogens with zero attached hydrogens (tertiary/aromatic N) is 3. The van der Waals surface area contributed by atoms with Gasteiger partial charge < -0.3 is 40.6 Å². The van der Waals surface area contributed by atoms with Gasteiger partial charge in [-0.2, -0.15) is 0 Å². The molecule has 0 unspecified atom stereocenters. The van der Waals surface area contributed by atoms with E-state index in [1.807, 2.05) is 63.2 Å². The topological polar surface area (TPSA) is 232 Å². The Morgan fingerprint density at radius 1 is 0.824 bits per heavy atom. The number of nitrogens with one attached hydrogen (secondary N) is 3. The summed E-state index contributed by atoms with van der Waals surface area (Å²) in [5.41, 5.74) is 9.07. The van der Waals surface area contributed by atoms with Gasteiger partial charge in [0, 0.05) is 74.2 Å². The molecule has 6 N–H and O–H groups in total. The first-order valence-electron chi connectivity index (χ1n) is 22.4. The van der Waals surface area contributed by atoms with Crippen molar-refractivity contribution in [3.05, 3.63) is 107 Å². The van der Waals surface area contributed by atoms with Crippen molar-refractivity contribution in [1.29, 1.82) is 0 Å². The minimum Gasteiger partial charge on any atom is -0.496 e. The Hall–Kier alpha value is -6.76. The minimum absolute atomic E-state index is 0.00649. The molecule has 17 nitrogen and oxygen atoms in total. The number of anilines is 3. The molecule has 0 bridgehead atoms. The third-order valence-electron chi connectivity index (χ3n) is 11.6. The molecule has 3 amide bonds. The van der Waals surface area contributed by atoms with E-state index in [1.54, 1.807) is 54.6 Å². The van der Waals surface area contributed by atoms with Crippen LogP contribution in [0.2, 0.25) is 0 Å². The number of rotatable bonds is 20. The number of hydrogen-bond acceptors (Lipinski definition) is 12. The number of hydrogen-bond donors (Lipinski definition) is 5. The fraction of sp³-hybridized carbons (Fsp3) is 0.380. The number of carbonyl (C=O) groups excluding carboxylic acids is 3. The molecule has 0 saturated carbocycles. The number of nitrogens with two attached hydrogens (primary N) is 1. The van der Waals surface area contributed by atoms with Crippen LogP contribution in [0.15, 0.2) is 85.1 Å². The van der Waals surface area contributed by atoms with Crippen molar-refractivity contribution in [3.8, 4) is 23.0 Å². The van der Waals surface area contributed by atoms with Gasteiger partial charge >= 0.3 is 12.0 Å². The third-order valence-corrected chi connectivity index (χ3v) is 12.2. The predicted octanol–water partition coefficient (Wildman–Crippen LogP) is 7.64. The number of aliphatic carboxylic acids is 1. The van der Waals surface area contributed by atoms with E-state index in [9.17, 15) is 27.6 Å². The summed E-state index contributed by atoms with van der Waals surface area (Å²) in [5.74, 6) is 0.669.